The van der Waals surface area contributed by atoms with Gasteiger partial charge in [-0.05, 0) is 25.2 Å². The van der Waals surface area contributed by atoms with Crippen molar-refractivity contribution < 1.29 is 9.53 Å². The highest BCUT2D eigenvalue weighted by Crippen LogP contribution is 2.27. The summed E-state index contributed by atoms with van der Waals surface area (Å²) < 4.78 is 5.34. The molecular formula is C18H29N5O2. The minimum atomic E-state index is -0.205. The minimum Gasteiger partial charge on any atom is -0.449 e. The Bertz CT molecular complexity index is 566. The molecule has 0 aliphatic carbocycles. The average Bonchev–Trinajstić information content (AvgIpc) is 2.67. The summed E-state index contributed by atoms with van der Waals surface area (Å²) in [6.45, 7) is 9.50. The fourth-order valence-corrected chi connectivity index (χ4v) is 3.31. The maximum Gasteiger partial charge on any atom is 0.409 e. The minimum absolute atomic E-state index is 0.205. The van der Waals surface area contributed by atoms with Gasteiger partial charge in [-0.3, -0.25) is 0 Å². The molecule has 1 amide bonds. The quantitative estimate of drug-likeness (QED) is 0.833. The number of piperidine rings is 1. The molecule has 7 nitrogen and oxygen atoms in total. The number of aromatic nitrogens is 2. The predicted octanol–water partition coefficient (Wildman–Crippen LogP) is 2.38. The first-order valence-electron chi connectivity index (χ1n) is 9.38. The molecule has 3 heterocycles. The van der Waals surface area contributed by atoms with Crippen LogP contribution in [0, 0.1) is 5.92 Å². The molecule has 1 aromatic heterocycles. The number of anilines is 2. The van der Waals surface area contributed by atoms with E-state index in [-0.39, 0.29) is 6.09 Å². The van der Waals surface area contributed by atoms with Gasteiger partial charge in [-0.15, -0.1) is 0 Å². The zero-order valence-electron chi connectivity index (χ0n) is 15.4. The fourth-order valence-electron chi connectivity index (χ4n) is 3.31. The molecule has 3 rings (SSSR count). The first-order chi connectivity index (χ1) is 12.1. The van der Waals surface area contributed by atoms with Crippen LogP contribution in [0.1, 0.15) is 33.1 Å². The van der Waals surface area contributed by atoms with Crippen molar-refractivity contribution in [3.63, 3.8) is 0 Å². The molecule has 0 spiro atoms. The van der Waals surface area contributed by atoms with Crippen LogP contribution in [0.15, 0.2) is 12.4 Å². The number of ether oxygens (including phenoxy) is 1. The van der Waals surface area contributed by atoms with Gasteiger partial charge in [0, 0.05) is 51.7 Å². The molecule has 0 radical (unpaired) electrons. The van der Waals surface area contributed by atoms with Crippen molar-refractivity contribution in [2.45, 2.75) is 33.1 Å². The van der Waals surface area contributed by atoms with E-state index in [1.807, 2.05) is 13.8 Å². The van der Waals surface area contributed by atoms with Gasteiger partial charge in [0.2, 0.25) is 0 Å². The number of piperazine rings is 1. The zero-order valence-corrected chi connectivity index (χ0v) is 15.4. The lowest BCUT2D eigenvalue weighted by Crippen LogP contribution is -2.49. The second kappa shape index (κ2) is 8.36. The third-order valence-electron chi connectivity index (χ3n) is 4.69. The van der Waals surface area contributed by atoms with E-state index in [1.165, 1.54) is 19.3 Å². The topological polar surface area (TPSA) is 61.8 Å². The molecule has 7 heteroatoms. The summed E-state index contributed by atoms with van der Waals surface area (Å²) in [5.41, 5.74) is 0. The molecule has 0 unspecified atom stereocenters. The van der Waals surface area contributed by atoms with Gasteiger partial charge >= 0.3 is 6.09 Å². The van der Waals surface area contributed by atoms with Gasteiger partial charge < -0.3 is 19.4 Å². The number of carbonyl (C=O) groups is 1. The summed E-state index contributed by atoms with van der Waals surface area (Å²) in [5.74, 6) is 2.29. The Morgan fingerprint density at radius 3 is 2.08 bits per heavy atom. The lowest BCUT2D eigenvalue weighted by Gasteiger charge is -2.37. The summed E-state index contributed by atoms with van der Waals surface area (Å²) >= 11 is 0. The van der Waals surface area contributed by atoms with Gasteiger partial charge in [0.25, 0.3) is 0 Å². The zero-order chi connectivity index (χ0) is 17.6. The SMILES string of the molecule is CC(C)COC(=O)N1CCN(c2nccnc2N2CCCCC2)CC1. The molecule has 2 aliphatic rings. The number of rotatable bonds is 4. The van der Waals surface area contributed by atoms with Crippen LogP contribution in [0.2, 0.25) is 0 Å². The first-order valence-corrected chi connectivity index (χ1v) is 9.38. The smallest absolute Gasteiger partial charge is 0.409 e. The van der Waals surface area contributed by atoms with E-state index in [1.54, 1.807) is 17.3 Å². The van der Waals surface area contributed by atoms with E-state index in [0.29, 0.717) is 25.6 Å². The monoisotopic (exact) mass is 347 g/mol. The van der Waals surface area contributed by atoms with Crippen LogP contribution in [0.3, 0.4) is 0 Å². The van der Waals surface area contributed by atoms with Crippen LogP contribution in [0.4, 0.5) is 16.4 Å². The first kappa shape index (κ1) is 17.8. The van der Waals surface area contributed by atoms with Crippen molar-refractivity contribution in [1.82, 2.24) is 14.9 Å². The number of amides is 1. The van der Waals surface area contributed by atoms with Gasteiger partial charge in [0.05, 0.1) is 6.61 Å². The van der Waals surface area contributed by atoms with Gasteiger partial charge in [0.1, 0.15) is 0 Å². The third-order valence-corrected chi connectivity index (χ3v) is 4.69. The molecule has 0 saturated carbocycles. The molecular weight excluding hydrogens is 318 g/mol. The Labute approximate surface area is 150 Å². The molecule has 2 fully saturated rings. The standard InChI is InChI=1S/C18H29N5O2/c1-15(2)14-25-18(24)23-12-10-22(11-13-23)17-16(19-6-7-20-17)21-8-4-3-5-9-21/h6-7,15H,3-5,8-14H2,1-2H3. The summed E-state index contributed by atoms with van der Waals surface area (Å²) in [6, 6.07) is 0. The Morgan fingerprint density at radius 1 is 0.960 bits per heavy atom. The van der Waals surface area contributed by atoms with E-state index in [2.05, 4.69) is 19.8 Å². The highest BCUT2D eigenvalue weighted by Gasteiger charge is 2.26. The van der Waals surface area contributed by atoms with E-state index in [9.17, 15) is 4.79 Å². The molecule has 2 saturated heterocycles. The second-order valence-corrected chi connectivity index (χ2v) is 7.20. The van der Waals surface area contributed by atoms with Gasteiger partial charge in [-0.25, -0.2) is 14.8 Å². The van der Waals surface area contributed by atoms with Crippen molar-refractivity contribution in [1.29, 1.82) is 0 Å². The van der Waals surface area contributed by atoms with Gasteiger partial charge in [-0.2, -0.15) is 0 Å². The van der Waals surface area contributed by atoms with Crippen LogP contribution in [0.5, 0.6) is 0 Å². The molecule has 138 valence electrons. The summed E-state index contributed by atoms with van der Waals surface area (Å²) in [7, 11) is 0. The molecule has 0 bridgehead atoms. The maximum atomic E-state index is 12.1. The molecule has 25 heavy (non-hydrogen) atoms. The number of carbonyl (C=O) groups excluding carboxylic acids is 1. The van der Waals surface area contributed by atoms with Crippen LogP contribution >= 0.6 is 0 Å². The number of hydrogen-bond donors (Lipinski definition) is 0. The van der Waals surface area contributed by atoms with Crippen LogP contribution < -0.4 is 9.80 Å². The molecule has 2 aliphatic heterocycles. The maximum absolute atomic E-state index is 12.1. The van der Waals surface area contributed by atoms with Crippen LogP contribution in [0.25, 0.3) is 0 Å². The van der Waals surface area contributed by atoms with Crippen molar-refractivity contribution in [2.24, 2.45) is 5.92 Å². The Morgan fingerprint density at radius 2 is 1.52 bits per heavy atom. The lowest BCUT2D eigenvalue weighted by molar-refractivity contribution is 0.0901. The van der Waals surface area contributed by atoms with E-state index < -0.39 is 0 Å². The summed E-state index contributed by atoms with van der Waals surface area (Å²) in [5, 5.41) is 0. The van der Waals surface area contributed by atoms with E-state index in [4.69, 9.17) is 4.74 Å². The number of nitrogens with zero attached hydrogens (tertiary/aromatic N) is 5. The Kier molecular flexibility index (Phi) is 5.94. The number of hydrogen-bond acceptors (Lipinski definition) is 6. The lowest BCUT2D eigenvalue weighted by atomic mass is 10.1. The Balaban J connectivity index is 1.60. The molecule has 0 aromatic carbocycles. The highest BCUT2D eigenvalue weighted by molar-refractivity contribution is 5.69. The Hall–Kier alpha value is -2.05. The second-order valence-electron chi connectivity index (χ2n) is 7.20. The van der Waals surface area contributed by atoms with Crippen molar-refractivity contribution >= 4 is 17.7 Å². The molecule has 1 aromatic rings. The fraction of sp³-hybridized carbons (Fsp3) is 0.722. The van der Waals surface area contributed by atoms with Crippen molar-refractivity contribution in [2.75, 3.05) is 55.7 Å². The third kappa shape index (κ3) is 4.52. The molecule has 0 N–H and O–H groups in total. The van der Waals surface area contributed by atoms with Gasteiger partial charge in [-0.1, -0.05) is 13.8 Å². The highest BCUT2D eigenvalue weighted by atomic mass is 16.6. The summed E-state index contributed by atoms with van der Waals surface area (Å²) in [6.07, 6.45) is 7.04. The largest absolute Gasteiger partial charge is 0.449 e. The normalized spacial score (nSPS) is 18.6. The average molecular weight is 347 g/mol. The predicted molar refractivity (Wildman–Crippen MR) is 98.1 cm³/mol. The van der Waals surface area contributed by atoms with Crippen LogP contribution in [-0.4, -0.2) is 66.8 Å². The van der Waals surface area contributed by atoms with E-state index >= 15 is 0 Å². The molecule has 0 atom stereocenters. The van der Waals surface area contributed by atoms with Crippen LogP contribution in [-0.2, 0) is 4.74 Å². The van der Waals surface area contributed by atoms with Crippen molar-refractivity contribution in [3.8, 4) is 0 Å². The van der Waals surface area contributed by atoms with Crippen molar-refractivity contribution in [3.05, 3.63) is 12.4 Å². The van der Waals surface area contributed by atoms with E-state index in [0.717, 1.165) is 37.8 Å². The summed E-state index contributed by atoms with van der Waals surface area (Å²) in [4.78, 5) is 27.7. The van der Waals surface area contributed by atoms with Gasteiger partial charge in [0.15, 0.2) is 11.6 Å².